The van der Waals surface area contributed by atoms with E-state index < -0.39 is 5.97 Å². The van der Waals surface area contributed by atoms with Gasteiger partial charge in [-0.05, 0) is 26.8 Å². The molecule has 0 radical (unpaired) electrons. The van der Waals surface area contributed by atoms with Gasteiger partial charge in [-0.3, -0.25) is 0 Å². The molecule has 0 fully saturated rings. The third-order valence-electron chi connectivity index (χ3n) is 2.79. The van der Waals surface area contributed by atoms with E-state index in [9.17, 15) is 4.79 Å². The van der Waals surface area contributed by atoms with Crippen molar-refractivity contribution in [2.24, 2.45) is 0 Å². The van der Waals surface area contributed by atoms with Crippen LogP contribution >= 0.6 is 0 Å². The third-order valence-corrected chi connectivity index (χ3v) is 2.79. The van der Waals surface area contributed by atoms with Crippen LogP contribution in [0, 0.1) is 20.8 Å². The Hall–Kier alpha value is -2.04. The summed E-state index contributed by atoms with van der Waals surface area (Å²) in [5, 5.41) is 12.8. The van der Waals surface area contributed by atoms with Gasteiger partial charge in [-0.1, -0.05) is 5.16 Å². The number of aromatic carboxylic acids is 1. The van der Waals surface area contributed by atoms with Gasteiger partial charge in [-0.25, -0.2) is 4.79 Å². The smallest absolute Gasteiger partial charge is 0.337 e. The van der Waals surface area contributed by atoms with E-state index in [4.69, 9.17) is 9.63 Å². The first-order chi connectivity index (χ1) is 7.99. The normalized spacial score (nSPS) is 10.8. The lowest BCUT2D eigenvalue weighted by atomic mass is 10.2. The van der Waals surface area contributed by atoms with Gasteiger partial charge >= 0.3 is 5.97 Å². The van der Waals surface area contributed by atoms with E-state index in [1.165, 1.54) is 0 Å². The molecule has 0 amide bonds. The molecule has 0 saturated heterocycles. The van der Waals surface area contributed by atoms with Crippen molar-refractivity contribution in [3.05, 3.63) is 40.5 Å². The van der Waals surface area contributed by atoms with Crippen LogP contribution in [-0.2, 0) is 6.54 Å². The van der Waals surface area contributed by atoms with Crippen molar-refractivity contribution in [1.29, 1.82) is 0 Å². The van der Waals surface area contributed by atoms with Crippen LogP contribution in [0.3, 0.4) is 0 Å². The Morgan fingerprint density at radius 3 is 2.59 bits per heavy atom. The fourth-order valence-corrected chi connectivity index (χ4v) is 1.91. The number of carboxylic acids is 1. The molecular weight excluding hydrogens is 220 g/mol. The summed E-state index contributed by atoms with van der Waals surface area (Å²) in [5.41, 5.74) is 2.78. The fraction of sp³-hybridized carbons (Fsp3) is 0.333. The standard InChI is InChI=1S/C12H14N2O3/c1-7-4-10(17-13-7)6-14-8(2)5-11(9(14)3)12(15)16/h4-5H,6H2,1-3H3,(H,15,16). The first-order valence-corrected chi connectivity index (χ1v) is 5.31. The molecule has 0 aliphatic carbocycles. The molecule has 2 aromatic heterocycles. The highest BCUT2D eigenvalue weighted by molar-refractivity contribution is 5.89. The number of rotatable bonds is 3. The molecule has 90 valence electrons. The van der Waals surface area contributed by atoms with E-state index in [0.717, 1.165) is 22.8 Å². The van der Waals surface area contributed by atoms with Crippen LogP contribution in [-0.4, -0.2) is 20.8 Å². The first-order valence-electron chi connectivity index (χ1n) is 5.31. The molecule has 0 aromatic carbocycles. The van der Waals surface area contributed by atoms with E-state index in [0.29, 0.717) is 12.1 Å². The van der Waals surface area contributed by atoms with E-state index in [1.54, 1.807) is 13.0 Å². The minimum absolute atomic E-state index is 0.332. The Bertz CT molecular complexity index is 566. The Morgan fingerprint density at radius 2 is 2.12 bits per heavy atom. The molecule has 5 heteroatoms. The maximum Gasteiger partial charge on any atom is 0.337 e. The summed E-state index contributed by atoms with van der Waals surface area (Å²) in [6, 6.07) is 3.51. The molecule has 0 aliphatic rings. The maximum atomic E-state index is 11.0. The van der Waals surface area contributed by atoms with Crippen molar-refractivity contribution in [2.45, 2.75) is 27.3 Å². The largest absolute Gasteiger partial charge is 0.478 e. The molecule has 0 bridgehead atoms. The molecule has 2 heterocycles. The zero-order chi connectivity index (χ0) is 12.6. The van der Waals surface area contributed by atoms with Crippen molar-refractivity contribution in [2.75, 3.05) is 0 Å². The van der Waals surface area contributed by atoms with Crippen LogP contribution in [0.4, 0.5) is 0 Å². The lowest BCUT2D eigenvalue weighted by Crippen LogP contribution is -2.05. The van der Waals surface area contributed by atoms with Crippen LogP contribution in [0.2, 0.25) is 0 Å². The molecule has 0 unspecified atom stereocenters. The lowest BCUT2D eigenvalue weighted by Gasteiger charge is -2.06. The maximum absolute atomic E-state index is 11.0. The Kier molecular flexibility index (Phi) is 2.75. The minimum Gasteiger partial charge on any atom is -0.478 e. The predicted molar refractivity (Wildman–Crippen MR) is 61.2 cm³/mol. The number of hydrogen-bond acceptors (Lipinski definition) is 3. The van der Waals surface area contributed by atoms with E-state index in [1.807, 2.05) is 24.5 Å². The zero-order valence-electron chi connectivity index (χ0n) is 10.0. The highest BCUT2D eigenvalue weighted by Gasteiger charge is 2.15. The number of carboxylic acid groups (broad SMARTS) is 1. The van der Waals surface area contributed by atoms with Crippen molar-refractivity contribution < 1.29 is 14.4 Å². The van der Waals surface area contributed by atoms with Gasteiger partial charge in [0.15, 0.2) is 5.76 Å². The number of aromatic nitrogens is 2. The summed E-state index contributed by atoms with van der Waals surface area (Å²) >= 11 is 0. The quantitative estimate of drug-likeness (QED) is 0.883. The summed E-state index contributed by atoms with van der Waals surface area (Å²) in [6.45, 7) is 6.03. The predicted octanol–water partition coefficient (Wildman–Crippen LogP) is 2.15. The summed E-state index contributed by atoms with van der Waals surface area (Å²) < 4.78 is 7.04. The van der Waals surface area contributed by atoms with Crippen LogP contribution in [0.15, 0.2) is 16.7 Å². The van der Waals surface area contributed by atoms with Crippen molar-refractivity contribution in [1.82, 2.24) is 9.72 Å². The minimum atomic E-state index is -0.905. The van der Waals surface area contributed by atoms with E-state index in [2.05, 4.69) is 5.16 Å². The fourth-order valence-electron chi connectivity index (χ4n) is 1.91. The number of hydrogen-bond donors (Lipinski definition) is 1. The van der Waals surface area contributed by atoms with Crippen molar-refractivity contribution in [3.63, 3.8) is 0 Å². The Labute approximate surface area is 98.7 Å². The van der Waals surface area contributed by atoms with Crippen LogP contribution < -0.4 is 0 Å². The SMILES string of the molecule is Cc1cc(Cn2c(C)cc(C(=O)O)c2C)on1. The van der Waals surface area contributed by atoms with Gasteiger partial charge in [-0.2, -0.15) is 0 Å². The van der Waals surface area contributed by atoms with Gasteiger partial charge in [0.2, 0.25) is 0 Å². The summed E-state index contributed by atoms with van der Waals surface area (Å²) in [4.78, 5) is 11.0. The highest BCUT2D eigenvalue weighted by atomic mass is 16.5. The van der Waals surface area contributed by atoms with Crippen LogP contribution in [0.1, 0.15) is 33.2 Å². The monoisotopic (exact) mass is 234 g/mol. The summed E-state index contributed by atoms with van der Waals surface area (Å²) in [7, 11) is 0. The van der Waals surface area contributed by atoms with E-state index in [-0.39, 0.29) is 0 Å². The van der Waals surface area contributed by atoms with Gasteiger partial charge < -0.3 is 14.2 Å². The molecule has 0 atom stereocenters. The van der Waals surface area contributed by atoms with Gasteiger partial charge in [0.05, 0.1) is 17.8 Å². The molecule has 2 rings (SSSR count). The van der Waals surface area contributed by atoms with E-state index >= 15 is 0 Å². The van der Waals surface area contributed by atoms with Crippen LogP contribution in [0.5, 0.6) is 0 Å². The Morgan fingerprint density at radius 1 is 1.41 bits per heavy atom. The molecule has 5 nitrogen and oxygen atoms in total. The second kappa shape index (κ2) is 4.08. The summed E-state index contributed by atoms with van der Waals surface area (Å²) in [6.07, 6.45) is 0. The van der Waals surface area contributed by atoms with Crippen molar-refractivity contribution >= 4 is 5.97 Å². The zero-order valence-corrected chi connectivity index (χ0v) is 10.0. The molecule has 0 aliphatic heterocycles. The average molecular weight is 234 g/mol. The molecule has 1 N–H and O–H groups in total. The topological polar surface area (TPSA) is 68.3 Å². The molecule has 0 saturated carbocycles. The van der Waals surface area contributed by atoms with Gasteiger partial charge in [0.25, 0.3) is 0 Å². The first kappa shape index (κ1) is 11.4. The number of nitrogens with zero attached hydrogens (tertiary/aromatic N) is 2. The second-order valence-corrected chi connectivity index (χ2v) is 4.11. The van der Waals surface area contributed by atoms with Crippen molar-refractivity contribution in [3.8, 4) is 0 Å². The van der Waals surface area contributed by atoms with Gasteiger partial charge in [-0.15, -0.1) is 0 Å². The third kappa shape index (κ3) is 2.08. The highest BCUT2D eigenvalue weighted by Crippen LogP contribution is 2.17. The number of aryl methyl sites for hydroxylation is 2. The average Bonchev–Trinajstić information content (AvgIpc) is 2.77. The molecule has 17 heavy (non-hydrogen) atoms. The van der Waals surface area contributed by atoms with Gasteiger partial charge in [0.1, 0.15) is 0 Å². The lowest BCUT2D eigenvalue weighted by molar-refractivity contribution is 0.0696. The second-order valence-electron chi connectivity index (χ2n) is 4.11. The van der Waals surface area contributed by atoms with Gasteiger partial charge in [0, 0.05) is 17.5 Å². The van der Waals surface area contributed by atoms with Crippen LogP contribution in [0.25, 0.3) is 0 Å². The number of carbonyl (C=O) groups is 1. The molecule has 2 aromatic rings. The molecular formula is C12H14N2O3. The molecule has 0 spiro atoms. The summed E-state index contributed by atoms with van der Waals surface area (Å²) in [5.74, 6) is -0.181. The Balaban J connectivity index is 2.36.